The Labute approximate surface area is 226 Å². The second-order valence-electron chi connectivity index (χ2n) is 11.4. The number of carboxylic acid groups (broad SMARTS) is 1. The molecule has 1 heterocycles. The first-order valence-corrected chi connectivity index (χ1v) is 13.2. The van der Waals surface area contributed by atoms with Gasteiger partial charge in [-0.15, -0.1) is 0 Å². The molecule has 38 heavy (non-hydrogen) atoms. The van der Waals surface area contributed by atoms with Crippen LogP contribution in [0.25, 0.3) is 11.1 Å². The maximum Gasteiger partial charge on any atom is 0.407 e. The molecule has 8 heteroatoms. The van der Waals surface area contributed by atoms with E-state index in [9.17, 15) is 14.7 Å². The van der Waals surface area contributed by atoms with Crippen LogP contribution in [0.1, 0.15) is 46.6 Å². The summed E-state index contributed by atoms with van der Waals surface area (Å²) in [7, 11) is 0. The molecule has 0 aliphatic carbocycles. The van der Waals surface area contributed by atoms with E-state index in [1.807, 2.05) is 38.1 Å². The lowest BCUT2D eigenvalue weighted by molar-refractivity contribution is -0.134. The molecular formula is C30H40N4O4. The van der Waals surface area contributed by atoms with Gasteiger partial charge in [0.15, 0.2) is 0 Å². The Balaban J connectivity index is 1.69. The molecule has 2 amide bonds. The van der Waals surface area contributed by atoms with Crippen molar-refractivity contribution in [1.29, 1.82) is 5.26 Å². The van der Waals surface area contributed by atoms with E-state index >= 15 is 0 Å². The molecule has 3 rings (SSSR count). The molecule has 1 aliphatic heterocycles. The molecule has 1 saturated heterocycles. The Morgan fingerprint density at radius 1 is 1.13 bits per heavy atom. The molecule has 1 fully saturated rings. The molecule has 0 spiro atoms. The van der Waals surface area contributed by atoms with Crippen molar-refractivity contribution in [2.45, 2.75) is 59.8 Å². The number of piperazine rings is 1. The number of carbonyl (C=O) groups is 2. The SMILES string of the molecule is CC(C)CC(OCc1cccc(-c2ccc(N3CCN(C(=O)O)C(C(C)(C)C)C3)cc2)c1)C(=O)NCC#N. The lowest BCUT2D eigenvalue weighted by Gasteiger charge is -2.46. The fourth-order valence-corrected chi connectivity index (χ4v) is 4.81. The van der Waals surface area contributed by atoms with Crippen LogP contribution in [-0.2, 0) is 16.1 Å². The number of ether oxygens (including phenoxy) is 1. The van der Waals surface area contributed by atoms with Crippen LogP contribution in [0, 0.1) is 22.7 Å². The zero-order valence-corrected chi connectivity index (χ0v) is 23.1. The number of anilines is 1. The van der Waals surface area contributed by atoms with E-state index in [2.05, 4.69) is 61.3 Å². The summed E-state index contributed by atoms with van der Waals surface area (Å²) in [6.45, 7) is 12.4. The third-order valence-corrected chi connectivity index (χ3v) is 6.89. The van der Waals surface area contributed by atoms with E-state index in [0.717, 1.165) is 22.4 Å². The predicted octanol–water partition coefficient (Wildman–Crippen LogP) is 5.14. The van der Waals surface area contributed by atoms with E-state index in [1.165, 1.54) is 0 Å². The van der Waals surface area contributed by atoms with Crippen molar-refractivity contribution in [3.8, 4) is 17.2 Å². The minimum absolute atomic E-state index is 0.0334. The fraction of sp³-hybridized carbons (Fsp3) is 0.500. The largest absolute Gasteiger partial charge is 0.465 e. The molecule has 2 unspecified atom stereocenters. The van der Waals surface area contributed by atoms with Gasteiger partial charge in [-0.25, -0.2) is 4.79 Å². The van der Waals surface area contributed by atoms with Crippen molar-refractivity contribution < 1.29 is 19.4 Å². The van der Waals surface area contributed by atoms with Crippen LogP contribution < -0.4 is 10.2 Å². The highest BCUT2D eigenvalue weighted by Crippen LogP contribution is 2.31. The molecule has 2 aromatic rings. The summed E-state index contributed by atoms with van der Waals surface area (Å²) in [5.74, 6) is 0.0216. The Hall–Kier alpha value is -3.57. The lowest BCUT2D eigenvalue weighted by atomic mass is 9.84. The lowest BCUT2D eigenvalue weighted by Crippen LogP contribution is -2.59. The summed E-state index contributed by atoms with van der Waals surface area (Å²) in [4.78, 5) is 28.0. The maximum atomic E-state index is 12.4. The third-order valence-electron chi connectivity index (χ3n) is 6.89. The Kier molecular flexibility index (Phi) is 9.76. The van der Waals surface area contributed by atoms with Crippen molar-refractivity contribution in [1.82, 2.24) is 10.2 Å². The van der Waals surface area contributed by atoms with Crippen molar-refractivity contribution in [2.75, 3.05) is 31.1 Å². The van der Waals surface area contributed by atoms with Gasteiger partial charge in [-0.2, -0.15) is 5.26 Å². The third kappa shape index (κ3) is 7.72. The topological polar surface area (TPSA) is 106 Å². The number of nitrogens with one attached hydrogen (secondary N) is 1. The Bertz CT molecular complexity index is 1130. The van der Waals surface area contributed by atoms with Gasteiger partial charge in [0.25, 0.3) is 0 Å². The Morgan fingerprint density at radius 2 is 1.84 bits per heavy atom. The summed E-state index contributed by atoms with van der Waals surface area (Å²) in [5.41, 5.74) is 4.00. The molecule has 2 aromatic carbocycles. The van der Waals surface area contributed by atoms with Crippen molar-refractivity contribution in [3.05, 3.63) is 54.1 Å². The molecule has 0 aromatic heterocycles. The second kappa shape index (κ2) is 12.8. The van der Waals surface area contributed by atoms with Crippen LogP contribution in [0.5, 0.6) is 0 Å². The second-order valence-corrected chi connectivity index (χ2v) is 11.4. The highest BCUT2D eigenvalue weighted by Gasteiger charge is 2.38. The molecule has 8 nitrogen and oxygen atoms in total. The number of hydrogen-bond donors (Lipinski definition) is 2. The van der Waals surface area contributed by atoms with Gasteiger partial charge in [-0.05, 0) is 52.6 Å². The predicted molar refractivity (Wildman–Crippen MR) is 149 cm³/mol. The average molecular weight is 521 g/mol. The van der Waals surface area contributed by atoms with E-state index < -0.39 is 12.2 Å². The fourth-order valence-electron chi connectivity index (χ4n) is 4.81. The number of carbonyl (C=O) groups excluding carboxylic acids is 1. The minimum Gasteiger partial charge on any atom is -0.465 e. The molecule has 204 valence electrons. The number of benzene rings is 2. The summed E-state index contributed by atoms with van der Waals surface area (Å²) < 4.78 is 5.98. The molecule has 2 N–H and O–H groups in total. The number of amides is 2. The highest BCUT2D eigenvalue weighted by molar-refractivity contribution is 5.81. The zero-order chi connectivity index (χ0) is 27.9. The van der Waals surface area contributed by atoms with Gasteiger partial charge < -0.3 is 25.0 Å². The smallest absolute Gasteiger partial charge is 0.407 e. The molecule has 1 aliphatic rings. The van der Waals surface area contributed by atoms with Crippen LogP contribution in [0.4, 0.5) is 10.5 Å². The number of hydrogen-bond acceptors (Lipinski definition) is 5. The van der Waals surface area contributed by atoms with Crippen LogP contribution in [0.15, 0.2) is 48.5 Å². The monoisotopic (exact) mass is 520 g/mol. The van der Waals surface area contributed by atoms with Crippen molar-refractivity contribution in [3.63, 3.8) is 0 Å². The normalized spacial score (nSPS) is 16.7. The first kappa shape index (κ1) is 29.0. The van der Waals surface area contributed by atoms with Crippen LogP contribution in [0.2, 0.25) is 0 Å². The summed E-state index contributed by atoms with van der Waals surface area (Å²) in [6.07, 6.45) is -0.887. The molecule has 2 atom stereocenters. The molecule has 0 saturated carbocycles. The maximum absolute atomic E-state index is 12.4. The number of rotatable bonds is 9. The molecule has 0 bridgehead atoms. The zero-order valence-electron chi connectivity index (χ0n) is 23.1. The first-order chi connectivity index (χ1) is 18.0. The average Bonchev–Trinajstić information content (AvgIpc) is 2.88. The van der Waals surface area contributed by atoms with Gasteiger partial charge >= 0.3 is 6.09 Å². The Morgan fingerprint density at radius 3 is 2.45 bits per heavy atom. The van der Waals surface area contributed by atoms with Crippen molar-refractivity contribution in [2.24, 2.45) is 11.3 Å². The summed E-state index contributed by atoms with van der Waals surface area (Å²) in [6, 6.07) is 18.3. The summed E-state index contributed by atoms with van der Waals surface area (Å²) in [5, 5.41) is 21.0. The van der Waals surface area contributed by atoms with Gasteiger partial charge in [0.1, 0.15) is 12.6 Å². The van der Waals surface area contributed by atoms with Crippen molar-refractivity contribution >= 4 is 17.7 Å². The van der Waals surface area contributed by atoms with E-state index in [-0.39, 0.29) is 29.8 Å². The minimum atomic E-state index is -0.859. The number of nitriles is 1. The summed E-state index contributed by atoms with van der Waals surface area (Å²) >= 11 is 0. The van der Waals surface area contributed by atoms with Crippen LogP contribution in [0.3, 0.4) is 0 Å². The van der Waals surface area contributed by atoms with Gasteiger partial charge in [0, 0.05) is 25.3 Å². The van der Waals surface area contributed by atoms with E-state index in [0.29, 0.717) is 32.7 Å². The van der Waals surface area contributed by atoms with Crippen LogP contribution in [-0.4, -0.2) is 60.3 Å². The first-order valence-electron chi connectivity index (χ1n) is 13.2. The van der Waals surface area contributed by atoms with Gasteiger partial charge in [-0.1, -0.05) is 65.0 Å². The van der Waals surface area contributed by atoms with E-state index in [4.69, 9.17) is 10.00 Å². The van der Waals surface area contributed by atoms with Crippen LogP contribution >= 0.6 is 0 Å². The quantitative estimate of drug-likeness (QED) is 0.444. The standard InChI is InChI=1S/C30H40N4O4/c1-21(2)17-26(28(35)32-14-13-31)38-20-22-7-6-8-24(18-22)23-9-11-25(12-10-23)33-15-16-34(29(36)37)27(19-33)30(3,4)5/h6-12,18,21,26-27H,14-17,19-20H2,1-5H3,(H,32,35)(H,36,37). The number of nitrogens with zero attached hydrogens (tertiary/aromatic N) is 3. The molecule has 0 radical (unpaired) electrons. The van der Waals surface area contributed by atoms with E-state index in [1.54, 1.807) is 4.90 Å². The van der Waals surface area contributed by atoms with Gasteiger partial charge in [-0.3, -0.25) is 4.79 Å². The van der Waals surface area contributed by atoms with Gasteiger partial charge in [0.2, 0.25) is 5.91 Å². The molecular weight excluding hydrogens is 480 g/mol. The highest BCUT2D eigenvalue weighted by atomic mass is 16.5. The van der Waals surface area contributed by atoms with Gasteiger partial charge in [0.05, 0.1) is 18.7 Å².